The van der Waals surface area contributed by atoms with Crippen LogP contribution in [0.3, 0.4) is 0 Å². The molecule has 0 unspecified atom stereocenters. The van der Waals surface area contributed by atoms with Crippen LogP contribution in [0.15, 0.2) is 24.3 Å². The lowest BCUT2D eigenvalue weighted by Gasteiger charge is -2.15. The van der Waals surface area contributed by atoms with Crippen LogP contribution in [0, 0.1) is 0 Å². The van der Waals surface area contributed by atoms with E-state index in [1.54, 1.807) is 0 Å². The Labute approximate surface area is 123 Å². The molecule has 1 aromatic carbocycles. The summed E-state index contributed by atoms with van der Waals surface area (Å²) in [6.45, 7) is 0.403. The number of fused-ring (bicyclic) bond motifs is 1. The van der Waals surface area contributed by atoms with Crippen LogP contribution in [0.25, 0.3) is 0 Å². The van der Waals surface area contributed by atoms with E-state index in [-0.39, 0.29) is 29.7 Å². The summed E-state index contributed by atoms with van der Waals surface area (Å²) in [6.07, 6.45) is 1.19. The second-order valence-corrected chi connectivity index (χ2v) is 7.73. The van der Waals surface area contributed by atoms with Crippen molar-refractivity contribution in [1.29, 1.82) is 0 Å². The minimum absolute atomic E-state index is 0.0335. The molecule has 7 heteroatoms. The van der Waals surface area contributed by atoms with Crippen molar-refractivity contribution in [3.05, 3.63) is 29.8 Å². The molecule has 6 nitrogen and oxygen atoms in total. The summed E-state index contributed by atoms with van der Waals surface area (Å²) in [6, 6.07) is 7.19. The first-order chi connectivity index (χ1) is 10.0. The molecule has 1 saturated heterocycles. The summed E-state index contributed by atoms with van der Waals surface area (Å²) < 4.78 is 28.4. The molecule has 2 heterocycles. The molecule has 2 N–H and O–H groups in total. The van der Waals surface area contributed by atoms with Crippen LogP contribution < -0.4 is 15.4 Å². The molecule has 0 aromatic heterocycles. The zero-order valence-electron chi connectivity index (χ0n) is 11.5. The minimum atomic E-state index is -2.98. The fourth-order valence-electron chi connectivity index (χ4n) is 2.72. The topological polar surface area (TPSA) is 84.5 Å². The number of para-hydroxylation sites is 1. The van der Waals surface area contributed by atoms with Crippen LogP contribution in [0.4, 0.5) is 4.79 Å². The van der Waals surface area contributed by atoms with Crippen molar-refractivity contribution in [2.75, 3.05) is 18.1 Å². The average molecular weight is 310 g/mol. The molecule has 0 aliphatic carbocycles. The third kappa shape index (κ3) is 3.47. The SMILES string of the molecule is O=C(NC[C@H]1Cc2ccccc2O1)N[C@H]1CCS(=O)(=O)C1. The van der Waals surface area contributed by atoms with Gasteiger partial charge in [0, 0.05) is 12.5 Å². The maximum absolute atomic E-state index is 11.8. The van der Waals surface area contributed by atoms with Gasteiger partial charge in [-0.05, 0) is 18.1 Å². The Balaban J connectivity index is 1.43. The van der Waals surface area contributed by atoms with E-state index in [4.69, 9.17) is 4.74 Å². The molecule has 0 saturated carbocycles. The smallest absolute Gasteiger partial charge is 0.315 e. The lowest BCUT2D eigenvalue weighted by atomic mass is 10.1. The number of sulfone groups is 1. The van der Waals surface area contributed by atoms with Crippen LogP contribution in [0.1, 0.15) is 12.0 Å². The first-order valence-corrected chi connectivity index (χ1v) is 8.83. The van der Waals surface area contributed by atoms with Gasteiger partial charge in [0.25, 0.3) is 0 Å². The average Bonchev–Trinajstić information content (AvgIpc) is 2.99. The van der Waals surface area contributed by atoms with Crippen molar-refractivity contribution < 1.29 is 17.9 Å². The molecule has 2 atom stereocenters. The van der Waals surface area contributed by atoms with Gasteiger partial charge in [-0.2, -0.15) is 0 Å². The van der Waals surface area contributed by atoms with Gasteiger partial charge in [0.1, 0.15) is 11.9 Å². The van der Waals surface area contributed by atoms with Gasteiger partial charge < -0.3 is 15.4 Å². The molecule has 0 radical (unpaired) electrons. The first kappa shape index (κ1) is 14.2. The summed E-state index contributed by atoms with van der Waals surface area (Å²) in [4.78, 5) is 11.8. The Morgan fingerprint density at radius 2 is 2.14 bits per heavy atom. The number of hydrogen-bond acceptors (Lipinski definition) is 4. The standard InChI is InChI=1S/C14H18N2O4S/c17-14(16-11-5-6-21(18,19)9-11)15-8-12-7-10-3-1-2-4-13(10)20-12/h1-4,11-12H,5-9H2,(H2,15,16,17)/t11-,12+/m0/s1. The predicted molar refractivity (Wildman–Crippen MR) is 78.2 cm³/mol. The quantitative estimate of drug-likeness (QED) is 0.850. The van der Waals surface area contributed by atoms with Gasteiger partial charge in [-0.25, -0.2) is 13.2 Å². The van der Waals surface area contributed by atoms with Crippen molar-refractivity contribution in [2.24, 2.45) is 0 Å². The Hall–Kier alpha value is -1.76. The fraction of sp³-hybridized carbons (Fsp3) is 0.500. The van der Waals surface area contributed by atoms with Crippen molar-refractivity contribution in [2.45, 2.75) is 25.0 Å². The number of rotatable bonds is 3. The lowest BCUT2D eigenvalue weighted by Crippen LogP contribution is -2.45. The van der Waals surface area contributed by atoms with Gasteiger partial charge in [0.05, 0.1) is 18.1 Å². The Kier molecular flexibility index (Phi) is 3.75. The van der Waals surface area contributed by atoms with Crippen LogP contribution in [-0.2, 0) is 16.3 Å². The summed E-state index contributed by atoms with van der Waals surface area (Å²) in [5.41, 5.74) is 1.14. The van der Waals surface area contributed by atoms with E-state index >= 15 is 0 Å². The molecule has 1 aromatic rings. The van der Waals surface area contributed by atoms with Gasteiger partial charge in [-0.1, -0.05) is 18.2 Å². The largest absolute Gasteiger partial charge is 0.488 e. The van der Waals surface area contributed by atoms with Crippen LogP contribution in [-0.4, -0.2) is 44.6 Å². The number of ether oxygens (including phenoxy) is 1. The van der Waals surface area contributed by atoms with Gasteiger partial charge in [0.2, 0.25) is 0 Å². The highest BCUT2D eigenvalue weighted by molar-refractivity contribution is 7.91. The first-order valence-electron chi connectivity index (χ1n) is 7.01. The fourth-order valence-corrected chi connectivity index (χ4v) is 4.39. The summed E-state index contributed by atoms with van der Waals surface area (Å²) >= 11 is 0. The molecule has 3 rings (SSSR count). The van der Waals surface area contributed by atoms with Crippen molar-refractivity contribution in [1.82, 2.24) is 10.6 Å². The highest BCUT2D eigenvalue weighted by Gasteiger charge is 2.29. The van der Waals surface area contributed by atoms with Gasteiger partial charge >= 0.3 is 6.03 Å². The Bertz CT molecular complexity index is 619. The molecule has 2 amide bonds. The zero-order valence-corrected chi connectivity index (χ0v) is 12.4. The second kappa shape index (κ2) is 5.55. The second-order valence-electron chi connectivity index (χ2n) is 5.51. The minimum Gasteiger partial charge on any atom is -0.488 e. The number of amides is 2. The molecular formula is C14H18N2O4S. The lowest BCUT2D eigenvalue weighted by molar-refractivity contribution is 0.212. The summed E-state index contributed by atoms with van der Waals surface area (Å²) in [5, 5.41) is 5.44. The summed E-state index contributed by atoms with van der Waals surface area (Å²) in [5.74, 6) is 1.05. The number of benzene rings is 1. The van der Waals surface area contributed by atoms with E-state index in [2.05, 4.69) is 10.6 Å². The molecule has 0 spiro atoms. The monoisotopic (exact) mass is 310 g/mol. The summed E-state index contributed by atoms with van der Waals surface area (Å²) in [7, 11) is -2.98. The number of carbonyl (C=O) groups excluding carboxylic acids is 1. The van der Waals surface area contributed by atoms with E-state index in [9.17, 15) is 13.2 Å². The van der Waals surface area contributed by atoms with Crippen molar-refractivity contribution in [3.63, 3.8) is 0 Å². The number of nitrogens with one attached hydrogen (secondary N) is 2. The maximum atomic E-state index is 11.8. The maximum Gasteiger partial charge on any atom is 0.315 e. The van der Waals surface area contributed by atoms with E-state index in [0.29, 0.717) is 13.0 Å². The third-order valence-corrected chi connectivity index (χ3v) is 5.54. The van der Waals surface area contributed by atoms with Crippen LogP contribution in [0.2, 0.25) is 0 Å². The van der Waals surface area contributed by atoms with E-state index < -0.39 is 9.84 Å². The van der Waals surface area contributed by atoms with Crippen LogP contribution in [0.5, 0.6) is 5.75 Å². The van der Waals surface area contributed by atoms with Gasteiger partial charge in [-0.3, -0.25) is 0 Å². The number of urea groups is 1. The van der Waals surface area contributed by atoms with Crippen molar-refractivity contribution >= 4 is 15.9 Å². The zero-order chi connectivity index (χ0) is 14.9. The number of carbonyl (C=O) groups is 1. The molecule has 2 aliphatic rings. The van der Waals surface area contributed by atoms with E-state index in [1.807, 2.05) is 24.3 Å². The highest BCUT2D eigenvalue weighted by Crippen LogP contribution is 2.27. The van der Waals surface area contributed by atoms with Gasteiger partial charge in [-0.15, -0.1) is 0 Å². The third-order valence-electron chi connectivity index (χ3n) is 3.77. The molecule has 0 bridgehead atoms. The molecule has 114 valence electrons. The Morgan fingerprint density at radius 1 is 1.33 bits per heavy atom. The van der Waals surface area contributed by atoms with Crippen molar-refractivity contribution in [3.8, 4) is 5.75 Å². The predicted octanol–water partition coefficient (Wildman–Crippen LogP) is 0.476. The highest BCUT2D eigenvalue weighted by atomic mass is 32.2. The molecule has 2 aliphatic heterocycles. The van der Waals surface area contributed by atoms with Gasteiger partial charge in [0.15, 0.2) is 9.84 Å². The Morgan fingerprint density at radius 3 is 2.86 bits per heavy atom. The molecular weight excluding hydrogens is 292 g/mol. The van der Waals surface area contributed by atoms with E-state index in [0.717, 1.165) is 17.7 Å². The normalized spacial score (nSPS) is 25.9. The number of hydrogen-bond donors (Lipinski definition) is 2. The molecule has 1 fully saturated rings. The van der Waals surface area contributed by atoms with Crippen LogP contribution >= 0.6 is 0 Å². The van der Waals surface area contributed by atoms with E-state index in [1.165, 1.54) is 0 Å². The molecule has 21 heavy (non-hydrogen) atoms.